The average molecular weight is 724 g/mol. The highest BCUT2D eigenvalue weighted by atomic mass is 35.5. The molecule has 3 fully saturated rings. The highest BCUT2D eigenvalue weighted by Crippen LogP contribution is 2.41. The van der Waals surface area contributed by atoms with Crippen LogP contribution < -0.4 is 19.1 Å². The third kappa shape index (κ3) is 7.40. The van der Waals surface area contributed by atoms with Crippen LogP contribution in [0.25, 0.3) is 0 Å². The van der Waals surface area contributed by atoms with Crippen molar-refractivity contribution in [3.8, 4) is 17.2 Å². The van der Waals surface area contributed by atoms with E-state index in [1.54, 1.807) is 36.4 Å². The Morgan fingerprint density at radius 2 is 1.66 bits per heavy atom. The molecular weight excluding hydrogens is 685 g/mol. The summed E-state index contributed by atoms with van der Waals surface area (Å²) < 4.78 is 18.0. The van der Waals surface area contributed by atoms with Gasteiger partial charge in [0.15, 0.2) is 11.5 Å². The Morgan fingerprint density at radius 1 is 0.980 bits per heavy atom. The van der Waals surface area contributed by atoms with E-state index in [0.29, 0.717) is 46.0 Å². The number of aromatic carboxylic acids is 1. The molecule has 262 valence electrons. The quantitative estimate of drug-likeness (QED) is 0.116. The molecule has 0 saturated carbocycles. The Labute approximate surface area is 299 Å². The lowest BCUT2D eigenvalue weighted by molar-refractivity contribution is -0.904. The summed E-state index contributed by atoms with van der Waals surface area (Å²) in [5, 5.41) is 31.1. The maximum Gasteiger partial charge on any atom is 0.414 e. The van der Waals surface area contributed by atoms with E-state index in [1.807, 2.05) is 6.07 Å². The second-order valence-corrected chi connectivity index (χ2v) is 13.3. The van der Waals surface area contributed by atoms with Crippen molar-refractivity contribution in [3.63, 3.8) is 0 Å². The summed E-state index contributed by atoms with van der Waals surface area (Å²) in [6.07, 6.45) is 3.78. The van der Waals surface area contributed by atoms with Crippen LogP contribution in [0.3, 0.4) is 0 Å². The van der Waals surface area contributed by atoms with E-state index in [4.69, 9.17) is 37.4 Å². The zero-order valence-corrected chi connectivity index (χ0v) is 29.1. The van der Waals surface area contributed by atoms with E-state index in [1.165, 1.54) is 49.7 Å². The van der Waals surface area contributed by atoms with Gasteiger partial charge in [-0.25, -0.2) is 9.59 Å². The van der Waals surface area contributed by atoms with Crippen LogP contribution in [-0.2, 0) is 17.7 Å². The smallest absolute Gasteiger partial charge is 0.414 e. The molecule has 0 spiro atoms. The van der Waals surface area contributed by atoms with Gasteiger partial charge in [-0.15, -0.1) is 0 Å². The largest absolute Gasteiger partial charge is 0.508 e. The number of carboxylic acids is 1. The number of carboxylic acid groups (broad SMARTS) is 1. The number of halogens is 2. The minimum absolute atomic E-state index is 0.0131. The number of benzene rings is 3. The standard InChI is InChI=1S/C37H37Cl2N3O8/c1-48-32-11-6-23(16-33(32)49-2)28(17-29-30(38)19-41(47)20-31(29)39)35-24(4-3-5-27(35)36(44)45)18-42(25-7-9-26(43)10-8-25)37(46)50-34-21-40-14-12-22(34)13-15-40/h3-11,16,19-20,22,28,34H,12-15,17-18,21H2,1-2H3,(H2-,43,44,45,47)/p+1/t28-,34-/m0/s1. The van der Waals surface area contributed by atoms with Crippen molar-refractivity contribution in [2.75, 3.05) is 38.8 Å². The van der Waals surface area contributed by atoms with Gasteiger partial charge in [-0.2, -0.15) is 0 Å². The molecule has 11 nitrogen and oxygen atoms in total. The number of aromatic nitrogens is 1. The normalized spacial score (nSPS) is 18.7. The highest BCUT2D eigenvalue weighted by Gasteiger charge is 2.38. The zero-order valence-electron chi connectivity index (χ0n) is 27.6. The average Bonchev–Trinajstić information content (AvgIpc) is 3.11. The number of piperidine rings is 3. The summed E-state index contributed by atoms with van der Waals surface area (Å²) in [7, 11) is 3.03. The SMILES string of the molecule is COc1ccc([C@H](Cc2c(Cl)c[n+](O)cc2Cl)c2c(CN(C(=O)O[C@H]3CN4CCC3CC4)c3ccc(O)cc3)cccc2C(=O)O)cc1OC. The van der Waals surface area contributed by atoms with Crippen LogP contribution in [0.15, 0.2) is 73.1 Å². The van der Waals surface area contributed by atoms with Crippen LogP contribution in [0, 0.1) is 5.92 Å². The number of rotatable bonds is 11. The maximum atomic E-state index is 14.1. The van der Waals surface area contributed by atoms with E-state index < -0.39 is 18.0 Å². The molecule has 4 aromatic rings. The van der Waals surface area contributed by atoms with Gasteiger partial charge in [-0.1, -0.05) is 41.4 Å². The molecule has 2 bridgehead atoms. The number of nitrogens with zero attached hydrogens (tertiary/aromatic N) is 3. The third-order valence-electron chi connectivity index (χ3n) is 9.62. The molecule has 1 amide bonds. The molecule has 0 radical (unpaired) electrons. The summed E-state index contributed by atoms with van der Waals surface area (Å²) in [6, 6.07) is 16.4. The Hall–Kier alpha value is -4.71. The van der Waals surface area contributed by atoms with Crippen molar-refractivity contribution < 1.29 is 44.0 Å². The predicted octanol–water partition coefficient (Wildman–Crippen LogP) is 6.55. The first-order valence-electron chi connectivity index (χ1n) is 16.2. The Morgan fingerprint density at radius 3 is 2.26 bits per heavy atom. The van der Waals surface area contributed by atoms with Crippen LogP contribution in [0.5, 0.6) is 17.2 Å². The minimum atomic E-state index is -1.17. The number of aromatic hydroxyl groups is 1. The molecule has 4 heterocycles. The Bertz CT molecular complexity index is 1860. The van der Waals surface area contributed by atoms with E-state index >= 15 is 0 Å². The van der Waals surface area contributed by atoms with Crippen molar-refractivity contribution in [1.29, 1.82) is 0 Å². The van der Waals surface area contributed by atoms with E-state index in [-0.39, 0.29) is 46.3 Å². The lowest BCUT2D eigenvalue weighted by Crippen LogP contribution is -2.53. The van der Waals surface area contributed by atoms with Crippen LogP contribution in [0.2, 0.25) is 10.0 Å². The van der Waals surface area contributed by atoms with Crippen molar-refractivity contribution in [2.24, 2.45) is 5.92 Å². The second-order valence-electron chi connectivity index (χ2n) is 12.5. The molecular formula is C37H38Cl2N3O8+. The number of amides is 1. The molecule has 3 aliphatic rings. The number of hydrogen-bond acceptors (Lipinski definition) is 8. The predicted molar refractivity (Wildman–Crippen MR) is 186 cm³/mol. The number of hydrogen-bond donors (Lipinski definition) is 3. The molecule has 3 aliphatic heterocycles. The van der Waals surface area contributed by atoms with Gasteiger partial charge in [0, 0.05) is 28.4 Å². The second kappa shape index (κ2) is 15.0. The molecule has 3 aromatic carbocycles. The van der Waals surface area contributed by atoms with Gasteiger partial charge in [0.25, 0.3) is 0 Å². The summed E-state index contributed by atoms with van der Waals surface area (Å²) in [4.78, 5) is 30.8. The molecule has 3 saturated heterocycles. The first-order chi connectivity index (χ1) is 24.1. The Kier molecular flexibility index (Phi) is 10.6. The van der Waals surface area contributed by atoms with Gasteiger partial charge in [0.2, 0.25) is 12.4 Å². The number of methoxy groups -OCH3 is 2. The number of ether oxygens (including phenoxy) is 3. The van der Waals surface area contributed by atoms with Crippen LogP contribution in [0.4, 0.5) is 10.5 Å². The van der Waals surface area contributed by atoms with Gasteiger partial charge in [-0.3, -0.25) is 15.0 Å². The third-order valence-corrected chi connectivity index (χ3v) is 10.3. The fourth-order valence-corrected chi connectivity index (χ4v) is 7.65. The van der Waals surface area contributed by atoms with Crippen molar-refractivity contribution in [2.45, 2.75) is 37.8 Å². The summed E-state index contributed by atoms with van der Waals surface area (Å²) in [5.41, 5.74) is 2.56. The zero-order chi connectivity index (χ0) is 35.5. The van der Waals surface area contributed by atoms with Crippen molar-refractivity contribution >= 4 is 41.0 Å². The topological polar surface area (TPSA) is 133 Å². The highest BCUT2D eigenvalue weighted by molar-refractivity contribution is 6.35. The van der Waals surface area contributed by atoms with Gasteiger partial charge in [0.1, 0.15) is 21.9 Å². The number of carbonyl (C=O) groups excluding carboxylic acids is 1. The van der Waals surface area contributed by atoms with Crippen LogP contribution in [0.1, 0.15) is 51.4 Å². The molecule has 0 unspecified atom stereocenters. The monoisotopic (exact) mass is 722 g/mol. The number of carbonyl (C=O) groups is 2. The van der Waals surface area contributed by atoms with E-state index in [9.17, 15) is 25.0 Å². The van der Waals surface area contributed by atoms with Gasteiger partial charge in [0.05, 0.1) is 26.3 Å². The number of fused-ring (bicyclic) bond motifs is 3. The minimum Gasteiger partial charge on any atom is -0.508 e. The van der Waals surface area contributed by atoms with Gasteiger partial charge in [-0.05, 0) is 97.4 Å². The summed E-state index contributed by atoms with van der Waals surface area (Å²) in [6.45, 7) is 2.57. The van der Waals surface area contributed by atoms with Gasteiger partial charge < -0.3 is 24.4 Å². The van der Waals surface area contributed by atoms with Gasteiger partial charge >= 0.3 is 12.1 Å². The fraction of sp³-hybridized carbons (Fsp3) is 0.324. The maximum absolute atomic E-state index is 14.1. The first-order valence-corrected chi connectivity index (χ1v) is 17.0. The van der Waals surface area contributed by atoms with Crippen LogP contribution in [-0.4, -0.2) is 72.3 Å². The summed E-state index contributed by atoms with van der Waals surface area (Å²) in [5.74, 6) is -0.660. The molecule has 0 aliphatic carbocycles. The van der Waals surface area contributed by atoms with E-state index in [2.05, 4.69) is 4.90 Å². The number of anilines is 1. The van der Waals surface area contributed by atoms with Crippen molar-refractivity contribution in [3.05, 3.63) is 111 Å². The molecule has 50 heavy (non-hydrogen) atoms. The Balaban J connectivity index is 1.48. The fourth-order valence-electron chi connectivity index (χ4n) is 7.05. The number of pyridine rings is 1. The lowest BCUT2D eigenvalue weighted by atomic mass is 9.80. The summed E-state index contributed by atoms with van der Waals surface area (Å²) >= 11 is 13.2. The van der Waals surface area contributed by atoms with E-state index in [0.717, 1.165) is 30.7 Å². The molecule has 3 N–H and O–H groups in total. The number of phenols is 1. The lowest BCUT2D eigenvalue weighted by Gasteiger charge is -2.44. The first kappa shape index (κ1) is 35.1. The molecule has 1 aromatic heterocycles. The molecule has 13 heteroatoms. The van der Waals surface area contributed by atoms with Crippen LogP contribution >= 0.6 is 23.2 Å². The molecule has 7 rings (SSSR count). The molecule has 2 atom stereocenters. The van der Waals surface area contributed by atoms with Crippen molar-refractivity contribution in [1.82, 2.24) is 4.90 Å². The number of phenolic OH excluding ortho intramolecular Hbond substituents is 1.